The van der Waals surface area contributed by atoms with Crippen LogP contribution >= 0.6 is 0 Å². The number of nitrogens with zero attached hydrogens (tertiary/aromatic N) is 7. The molecule has 0 aliphatic carbocycles. The number of rotatable bonds is 7. The quantitative estimate of drug-likeness (QED) is 0.370. The molecule has 2 aliphatic heterocycles. The van der Waals surface area contributed by atoms with Crippen LogP contribution in [0.4, 0.5) is 15.4 Å². The Hall–Kier alpha value is -4.37. The molecule has 0 N–H and O–H groups in total. The minimum atomic E-state index is -0.697. The first-order chi connectivity index (χ1) is 20.6. The van der Waals surface area contributed by atoms with E-state index in [0.29, 0.717) is 43.1 Å². The van der Waals surface area contributed by atoms with Gasteiger partial charge in [-0.25, -0.2) is 20.7 Å². The Bertz CT molecular complexity index is 1480. The van der Waals surface area contributed by atoms with E-state index in [1.165, 1.54) is 4.57 Å². The molecule has 2 fully saturated rings. The third-order valence-electron chi connectivity index (χ3n) is 7.68. The lowest BCUT2D eigenvalue weighted by Crippen LogP contribution is -2.56. The van der Waals surface area contributed by atoms with Gasteiger partial charge in [0.25, 0.3) is 0 Å². The molecular weight excluding hydrogens is 550 g/mol. The zero-order chi connectivity index (χ0) is 30.6. The fraction of sp³-hybridized carbons (Fsp3) is 0.516. The highest BCUT2D eigenvalue weighted by atomic mass is 16.6. The number of amides is 1. The molecule has 2 aromatic heterocycles. The van der Waals surface area contributed by atoms with Crippen molar-refractivity contribution in [1.82, 2.24) is 24.3 Å². The van der Waals surface area contributed by atoms with Crippen molar-refractivity contribution >= 4 is 29.0 Å². The number of benzene rings is 1. The van der Waals surface area contributed by atoms with Crippen LogP contribution in [0.1, 0.15) is 39.2 Å². The number of hydrogen-bond donors (Lipinski definition) is 0. The molecule has 5 rings (SSSR count). The SMILES string of the molecule is [C-]#[N+]C[C@H]1CN(c2nc(OC[C@@H]3CCCN3C)nc3ccn(C(=O)OC(C)(C)C)c23)CCN1C(=O)OCc1ccccc1. The van der Waals surface area contributed by atoms with Crippen molar-refractivity contribution in [2.45, 2.75) is 57.9 Å². The Balaban J connectivity index is 1.42. The van der Waals surface area contributed by atoms with Gasteiger partial charge in [0.15, 0.2) is 5.82 Å². The number of carbonyl (C=O) groups excluding carboxylic acids is 2. The van der Waals surface area contributed by atoms with Gasteiger partial charge in [0.1, 0.15) is 30.4 Å². The zero-order valence-electron chi connectivity index (χ0n) is 25.2. The van der Waals surface area contributed by atoms with E-state index in [1.807, 2.05) is 56.0 Å². The Morgan fingerprint density at radius 2 is 1.84 bits per heavy atom. The van der Waals surface area contributed by atoms with Crippen molar-refractivity contribution in [2.75, 3.05) is 51.3 Å². The van der Waals surface area contributed by atoms with E-state index >= 15 is 0 Å². The van der Waals surface area contributed by atoms with Crippen LogP contribution in [-0.4, -0.2) is 101 Å². The molecule has 2 saturated heterocycles. The maximum Gasteiger partial charge on any atom is 0.419 e. The highest BCUT2D eigenvalue weighted by Crippen LogP contribution is 2.30. The van der Waals surface area contributed by atoms with E-state index in [-0.39, 0.29) is 25.2 Å². The zero-order valence-corrected chi connectivity index (χ0v) is 25.2. The molecule has 0 unspecified atom stereocenters. The van der Waals surface area contributed by atoms with Gasteiger partial charge in [0.2, 0.25) is 6.54 Å². The number of anilines is 1. The summed E-state index contributed by atoms with van der Waals surface area (Å²) in [6, 6.07) is 11.3. The average molecular weight is 590 g/mol. The number of carbonyl (C=O) groups is 2. The highest BCUT2D eigenvalue weighted by Gasteiger charge is 2.36. The second kappa shape index (κ2) is 12.9. The van der Waals surface area contributed by atoms with Crippen LogP contribution in [0.25, 0.3) is 15.9 Å². The summed E-state index contributed by atoms with van der Waals surface area (Å²) >= 11 is 0. The lowest BCUT2D eigenvalue weighted by atomic mass is 10.1. The predicted octanol–water partition coefficient (Wildman–Crippen LogP) is 4.43. The number of fused-ring (bicyclic) bond motifs is 1. The number of likely N-dealkylation sites (tertiary alicyclic amines) is 1. The van der Waals surface area contributed by atoms with E-state index in [4.69, 9.17) is 25.8 Å². The lowest BCUT2D eigenvalue weighted by Gasteiger charge is -2.39. The van der Waals surface area contributed by atoms with E-state index in [9.17, 15) is 9.59 Å². The number of hydrogen-bond acceptors (Lipinski definition) is 9. The number of aromatic nitrogens is 3. The number of ether oxygens (including phenoxy) is 3. The van der Waals surface area contributed by atoms with Gasteiger partial charge in [-0.1, -0.05) is 30.3 Å². The summed E-state index contributed by atoms with van der Waals surface area (Å²) in [6.45, 7) is 15.8. The fourth-order valence-corrected chi connectivity index (χ4v) is 5.47. The highest BCUT2D eigenvalue weighted by molar-refractivity contribution is 5.94. The van der Waals surface area contributed by atoms with Crippen molar-refractivity contribution in [3.8, 4) is 6.01 Å². The first-order valence-corrected chi connectivity index (χ1v) is 14.6. The van der Waals surface area contributed by atoms with Crippen LogP contribution in [0.3, 0.4) is 0 Å². The third-order valence-corrected chi connectivity index (χ3v) is 7.68. The largest absolute Gasteiger partial charge is 0.462 e. The van der Waals surface area contributed by atoms with Crippen LogP contribution in [0, 0.1) is 6.57 Å². The van der Waals surface area contributed by atoms with Crippen LogP contribution in [0.15, 0.2) is 42.6 Å². The summed E-state index contributed by atoms with van der Waals surface area (Å²) in [6.07, 6.45) is 2.77. The molecule has 0 saturated carbocycles. The molecule has 0 radical (unpaired) electrons. The normalized spacial score (nSPS) is 19.3. The minimum Gasteiger partial charge on any atom is -0.462 e. The summed E-state index contributed by atoms with van der Waals surface area (Å²) in [5.74, 6) is 0.489. The van der Waals surface area contributed by atoms with E-state index in [2.05, 4.69) is 21.8 Å². The Kier molecular flexibility index (Phi) is 9.01. The third kappa shape index (κ3) is 7.17. The second-order valence-corrected chi connectivity index (χ2v) is 12.0. The van der Waals surface area contributed by atoms with E-state index in [1.54, 1.807) is 17.2 Å². The standard InChI is InChI=1S/C31H39N7O5/c1-31(2,3)43-30(40)38-15-13-25-26(38)27(34-28(33-25)41-21-23-12-9-14-35(23)5)36-16-17-37(24(19-36)18-32-4)29(39)42-20-22-10-7-6-8-11-22/h6-8,10-11,13,15,23-24H,9,12,14,16-21H2,1-3,5H3/t23-,24-/m0/s1. The molecule has 2 aliphatic rings. The number of piperazine rings is 1. The maximum atomic E-state index is 13.2. The molecule has 43 heavy (non-hydrogen) atoms. The van der Waals surface area contributed by atoms with Crippen molar-refractivity contribution in [1.29, 1.82) is 0 Å². The van der Waals surface area contributed by atoms with Crippen LogP contribution in [-0.2, 0) is 16.1 Å². The molecular formula is C31H39N7O5. The molecule has 228 valence electrons. The maximum absolute atomic E-state index is 13.2. The van der Waals surface area contributed by atoms with Crippen molar-refractivity contribution in [2.24, 2.45) is 0 Å². The molecule has 3 aromatic rings. The van der Waals surface area contributed by atoms with Gasteiger partial charge >= 0.3 is 18.2 Å². The Labute approximate surface area is 251 Å². The Morgan fingerprint density at radius 1 is 1.05 bits per heavy atom. The molecule has 0 spiro atoms. The smallest absolute Gasteiger partial charge is 0.419 e. The van der Waals surface area contributed by atoms with Crippen LogP contribution < -0.4 is 9.64 Å². The summed E-state index contributed by atoms with van der Waals surface area (Å²) in [5.41, 5.74) is 1.22. The molecule has 4 heterocycles. The second-order valence-electron chi connectivity index (χ2n) is 12.0. The molecule has 12 heteroatoms. The van der Waals surface area contributed by atoms with Gasteiger partial charge in [-0.2, -0.15) is 9.97 Å². The first-order valence-electron chi connectivity index (χ1n) is 14.6. The molecule has 1 aromatic carbocycles. The van der Waals surface area contributed by atoms with Gasteiger partial charge in [0.05, 0.1) is 5.52 Å². The van der Waals surface area contributed by atoms with Crippen LogP contribution in [0.2, 0.25) is 0 Å². The van der Waals surface area contributed by atoms with Gasteiger partial charge in [-0.3, -0.25) is 4.90 Å². The monoisotopic (exact) mass is 589 g/mol. The van der Waals surface area contributed by atoms with Gasteiger partial charge in [0, 0.05) is 31.9 Å². The van der Waals surface area contributed by atoms with Gasteiger partial charge in [-0.05, 0) is 58.8 Å². The molecule has 12 nitrogen and oxygen atoms in total. The lowest BCUT2D eigenvalue weighted by molar-refractivity contribution is 0.0544. The summed E-state index contributed by atoms with van der Waals surface area (Å²) < 4.78 is 18.8. The van der Waals surface area contributed by atoms with Crippen molar-refractivity contribution < 1.29 is 23.8 Å². The molecule has 0 bridgehead atoms. The Morgan fingerprint density at radius 3 is 2.53 bits per heavy atom. The molecule has 1 amide bonds. The fourth-order valence-electron chi connectivity index (χ4n) is 5.47. The minimum absolute atomic E-state index is 0.0929. The number of likely N-dealkylation sites (N-methyl/N-ethyl adjacent to an activating group) is 1. The average Bonchev–Trinajstić information content (AvgIpc) is 3.60. The van der Waals surface area contributed by atoms with Crippen molar-refractivity contribution in [3.05, 3.63) is 59.6 Å². The molecule has 2 atom stereocenters. The van der Waals surface area contributed by atoms with Crippen LogP contribution in [0.5, 0.6) is 6.01 Å². The summed E-state index contributed by atoms with van der Waals surface area (Å²) in [7, 11) is 2.08. The predicted molar refractivity (Wildman–Crippen MR) is 161 cm³/mol. The first kappa shape index (κ1) is 30.1. The topological polar surface area (TPSA) is 107 Å². The van der Waals surface area contributed by atoms with E-state index in [0.717, 1.165) is 24.9 Å². The van der Waals surface area contributed by atoms with Gasteiger partial charge in [-0.15, -0.1) is 0 Å². The summed E-state index contributed by atoms with van der Waals surface area (Å²) in [4.78, 5) is 45.2. The van der Waals surface area contributed by atoms with Gasteiger partial charge < -0.3 is 28.9 Å². The summed E-state index contributed by atoms with van der Waals surface area (Å²) in [5, 5.41) is 0. The van der Waals surface area contributed by atoms with E-state index < -0.39 is 23.8 Å². The van der Waals surface area contributed by atoms with Crippen molar-refractivity contribution in [3.63, 3.8) is 0 Å².